The molecule has 0 amide bonds. The van der Waals surface area contributed by atoms with Gasteiger partial charge >= 0.3 is 5.97 Å². The maximum atomic E-state index is 13.5. The molecule has 19 heavy (non-hydrogen) atoms. The van der Waals surface area contributed by atoms with Crippen LogP contribution in [0.4, 0.5) is 4.39 Å². The van der Waals surface area contributed by atoms with Gasteiger partial charge in [0.05, 0.1) is 10.0 Å². The van der Waals surface area contributed by atoms with Gasteiger partial charge in [0.1, 0.15) is 11.6 Å². The summed E-state index contributed by atoms with van der Waals surface area (Å²) in [4.78, 5) is 11.9. The summed E-state index contributed by atoms with van der Waals surface area (Å²) in [5.41, 5.74) is 0.683. The van der Waals surface area contributed by atoms with Crippen molar-refractivity contribution in [2.24, 2.45) is 0 Å². The summed E-state index contributed by atoms with van der Waals surface area (Å²) in [6.07, 6.45) is 0. The number of carbonyl (C=O) groups is 1. The highest BCUT2D eigenvalue weighted by molar-refractivity contribution is 9.11. The van der Waals surface area contributed by atoms with Crippen LogP contribution in [0.25, 0.3) is 0 Å². The van der Waals surface area contributed by atoms with E-state index in [9.17, 15) is 9.18 Å². The molecule has 0 fully saturated rings. The minimum atomic E-state index is -0.718. The first-order valence-electron chi connectivity index (χ1n) is 5.41. The Balaban J connectivity index is 2.32. The molecule has 2 nitrogen and oxygen atoms in total. The number of benzene rings is 2. The number of esters is 1. The summed E-state index contributed by atoms with van der Waals surface area (Å²) >= 11 is 6.66. The Morgan fingerprint density at radius 1 is 1.21 bits per heavy atom. The molecule has 0 atom stereocenters. The van der Waals surface area contributed by atoms with Gasteiger partial charge in [-0.3, -0.25) is 0 Å². The molecule has 2 aromatic carbocycles. The third-order valence-electron chi connectivity index (χ3n) is 2.48. The van der Waals surface area contributed by atoms with E-state index in [1.165, 1.54) is 18.2 Å². The van der Waals surface area contributed by atoms with Crippen LogP contribution < -0.4 is 4.74 Å². The van der Waals surface area contributed by atoms with E-state index < -0.39 is 11.8 Å². The number of carbonyl (C=O) groups excluding carboxylic acids is 1. The van der Waals surface area contributed by atoms with Gasteiger partial charge in [-0.2, -0.15) is 0 Å². The fourth-order valence-electron chi connectivity index (χ4n) is 1.59. The first kappa shape index (κ1) is 14.2. The van der Waals surface area contributed by atoms with Gasteiger partial charge < -0.3 is 4.74 Å². The number of halogens is 3. The van der Waals surface area contributed by atoms with Crippen LogP contribution in [-0.2, 0) is 0 Å². The van der Waals surface area contributed by atoms with E-state index >= 15 is 0 Å². The Morgan fingerprint density at radius 2 is 1.89 bits per heavy atom. The number of hydrogen-bond acceptors (Lipinski definition) is 2. The topological polar surface area (TPSA) is 26.3 Å². The van der Waals surface area contributed by atoms with E-state index in [2.05, 4.69) is 31.9 Å². The highest BCUT2D eigenvalue weighted by Gasteiger charge is 2.16. The van der Waals surface area contributed by atoms with Crippen molar-refractivity contribution < 1.29 is 13.9 Å². The lowest BCUT2D eigenvalue weighted by atomic mass is 10.2. The molecule has 98 valence electrons. The highest BCUT2D eigenvalue weighted by Crippen LogP contribution is 2.33. The van der Waals surface area contributed by atoms with E-state index in [1.54, 1.807) is 19.1 Å². The average molecular weight is 388 g/mol. The van der Waals surface area contributed by atoms with Crippen molar-refractivity contribution in [1.82, 2.24) is 0 Å². The molecule has 0 aliphatic rings. The first-order chi connectivity index (χ1) is 8.99. The largest absolute Gasteiger partial charge is 0.421 e. The summed E-state index contributed by atoms with van der Waals surface area (Å²) < 4.78 is 20.2. The van der Waals surface area contributed by atoms with Gasteiger partial charge in [-0.25, -0.2) is 9.18 Å². The quantitative estimate of drug-likeness (QED) is 0.542. The van der Waals surface area contributed by atoms with E-state index in [1.807, 2.05) is 6.07 Å². The Morgan fingerprint density at radius 3 is 2.53 bits per heavy atom. The number of rotatable bonds is 2. The lowest BCUT2D eigenvalue weighted by molar-refractivity contribution is 0.0727. The van der Waals surface area contributed by atoms with Crippen LogP contribution >= 0.6 is 31.9 Å². The number of ether oxygens (including phenoxy) is 1. The van der Waals surface area contributed by atoms with Crippen molar-refractivity contribution in [3.8, 4) is 5.75 Å². The minimum absolute atomic E-state index is 0.0864. The molecule has 0 unspecified atom stereocenters. The Hall–Kier alpha value is -1.20. The molecular formula is C14H9Br2FO2. The van der Waals surface area contributed by atoms with E-state index in [0.29, 0.717) is 10.2 Å². The summed E-state index contributed by atoms with van der Waals surface area (Å²) in [5.74, 6) is -0.931. The fourth-order valence-corrected chi connectivity index (χ4v) is 3.11. The summed E-state index contributed by atoms with van der Waals surface area (Å²) in [7, 11) is 0. The summed E-state index contributed by atoms with van der Waals surface area (Å²) in [6.45, 7) is 1.81. The highest BCUT2D eigenvalue weighted by atomic mass is 79.9. The Bertz CT molecular complexity index is 618. The van der Waals surface area contributed by atoms with Gasteiger partial charge in [-0.15, -0.1) is 0 Å². The zero-order valence-electron chi connectivity index (χ0n) is 9.91. The standard InChI is InChI=1S/C14H9Br2FO2/c1-8-6-9(15)7-11(16)13(8)19-14(18)10-4-2-3-5-12(10)17/h2-7H,1H3. The van der Waals surface area contributed by atoms with Crippen molar-refractivity contribution >= 4 is 37.8 Å². The normalized spacial score (nSPS) is 10.3. The van der Waals surface area contributed by atoms with Gasteiger partial charge in [0, 0.05) is 4.47 Å². The monoisotopic (exact) mass is 386 g/mol. The molecule has 0 saturated carbocycles. The molecule has 0 spiro atoms. The van der Waals surface area contributed by atoms with Gasteiger partial charge in [0.15, 0.2) is 0 Å². The second-order valence-electron chi connectivity index (χ2n) is 3.90. The average Bonchev–Trinajstić information content (AvgIpc) is 2.34. The zero-order valence-corrected chi connectivity index (χ0v) is 13.1. The van der Waals surface area contributed by atoms with Crippen LogP contribution in [0, 0.1) is 12.7 Å². The van der Waals surface area contributed by atoms with E-state index in [0.717, 1.165) is 10.0 Å². The molecule has 0 saturated heterocycles. The van der Waals surface area contributed by atoms with Gasteiger partial charge in [0.2, 0.25) is 0 Å². The second kappa shape index (κ2) is 5.84. The van der Waals surface area contributed by atoms with Crippen molar-refractivity contribution in [2.45, 2.75) is 6.92 Å². The number of hydrogen-bond donors (Lipinski definition) is 0. The predicted molar refractivity (Wildman–Crippen MR) is 77.9 cm³/mol. The third-order valence-corrected chi connectivity index (χ3v) is 3.53. The summed E-state index contributed by atoms with van der Waals surface area (Å²) in [6, 6.07) is 9.29. The molecule has 0 radical (unpaired) electrons. The van der Waals surface area contributed by atoms with Crippen molar-refractivity contribution in [2.75, 3.05) is 0 Å². The lowest BCUT2D eigenvalue weighted by Crippen LogP contribution is -2.11. The molecule has 0 bridgehead atoms. The molecule has 0 heterocycles. The maximum absolute atomic E-state index is 13.5. The summed E-state index contributed by atoms with van der Waals surface area (Å²) in [5, 5.41) is 0. The van der Waals surface area contributed by atoms with Crippen molar-refractivity contribution in [1.29, 1.82) is 0 Å². The van der Waals surface area contributed by atoms with Gasteiger partial charge in [0.25, 0.3) is 0 Å². The van der Waals surface area contributed by atoms with Crippen molar-refractivity contribution in [3.63, 3.8) is 0 Å². The smallest absolute Gasteiger partial charge is 0.346 e. The van der Waals surface area contributed by atoms with E-state index in [-0.39, 0.29) is 5.56 Å². The molecule has 5 heteroatoms. The minimum Gasteiger partial charge on any atom is -0.421 e. The molecule has 0 N–H and O–H groups in total. The molecule has 0 aliphatic carbocycles. The molecular weight excluding hydrogens is 379 g/mol. The van der Waals surface area contributed by atoms with Crippen LogP contribution in [0.5, 0.6) is 5.75 Å². The molecule has 0 aliphatic heterocycles. The van der Waals surface area contributed by atoms with Crippen LogP contribution in [-0.4, -0.2) is 5.97 Å². The van der Waals surface area contributed by atoms with Crippen LogP contribution in [0.2, 0.25) is 0 Å². The zero-order chi connectivity index (χ0) is 14.0. The fraction of sp³-hybridized carbons (Fsp3) is 0.0714. The van der Waals surface area contributed by atoms with Crippen molar-refractivity contribution in [3.05, 3.63) is 62.3 Å². The maximum Gasteiger partial charge on any atom is 0.346 e. The number of aryl methyl sites for hydroxylation is 1. The molecule has 2 aromatic rings. The third kappa shape index (κ3) is 3.22. The lowest BCUT2D eigenvalue weighted by Gasteiger charge is -2.10. The predicted octanol–water partition coefficient (Wildman–Crippen LogP) is 4.88. The Kier molecular flexibility index (Phi) is 4.37. The van der Waals surface area contributed by atoms with Crippen LogP contribution in [0.3, 0.4) is 0 Å². The SMILES string of the molecule is Cc1cc(Br)cc(Br)c1OC(=O)c1ccccc1F. The van der Waals surface area contributed by atoms with Crippen LogP contribution in [0.15, 0.2) is 45.3 Å². The molecule has 2 rings (SSSR count). The first-order valence-corrected chi connectivity index (χ1v) is 7.00. The van der Waals surface area contributed by atoms with Crippen LogP contribution in [0.1, 0.15) is 15.9 Å². The Labute approximate surface area is 126 Å². The van der Waals surface area contributed by atoms with Gasteiger partial charge in [-0.05, 0) is 52.7 Å². The van der Waals surface area contributed by atoms with E-state index in [4.69, 9.17) is 4.74 Å². The van der Waals surface area contributed by atoms with Gasteiger partial charge in [-0.1, -0.05) is 28.1 Å². The molecule has 0 aromatic heterocycles. The second-order valence-corrected chi connectivity index (χ2v) is 5.67.